The lowest BCUT2D eigenvalue weighted by atomic mass is 9.94. The maximum Gasteiger partial charge on any atom is 0.410 e. The summed E-state index contributed by atoms with van der Waals surface area (Å²) in [6, 6.07) is 9.79. The topological polar surface area (TPSA) is 59.1 Å². The highest BCUT2D eigenvalue weighted by molar-refractivity contribution is 5.76. The van der Waals surface area contributed by atoms with Crippen molar-refractivity contribution in [3.05, 3.63) is 35.9 Å². The van der Waals surface area contributed by atoms with Crippen molar-refractivity contribution in [3.63, 3.8) is 0 Å². The van der Waals surface area contributed by atoms with Crippen molar-refractivity contribution in [1.82, 2.24) is 9.80 Å². The SMILES string of the molecule is CCN(C(=O)OCc1ccccc1)[C@H]1C[C@@H](C(=O)OC)N(C2CCCCC2)C1. The number of carbonyl (C=O) groups is 2. The van der Waals surface area contributed by atoms with Gasteiger partial charge in [-0.2, -0.15) is 0 Å². The molecule has 1 aliphatic carbocycles. The molecule has 3 rings (SSSR count). The Kier molecular flexibility index (Phi) is 7.31. The van der Waals surface area contributed by atoms with E-state index in [4.69, 9.17) is 9.47 Å². The van der Waals surface area contributed by atoms with E-state index in [1.54, 1.807) is 4.90 Å². The van der Waals surface area contributed by atoms with E-state index in [9.17, 15) is 9.59 Å². The first-order valence-corrected chi connectivity index (χ1v) is 10.4. The van der Waals surface area contributed by atoms with Gasteiger partial charge in [-0.1, -0.05) is 49.6 Å². The molecular formula is C22H32N2O4. The number of nitrogens with zero attached hydrogens (tertiary/aromatic N) is 2. The Morgan fingerprint density at radius 2 is 1.86 bits per heavy atom. The number of carbonyl (C=O) groups excluding carboxylic acids is 2. The predicted octanol–water partition coefficient (Wildman–Crippen LogP) is 3.59. The quantitative estimate of drug-likeness (QED) is 0.697. The average molecular weight is 389 g/mol. The van der Waals surface area contributed by atoms with E-state index in [2.05, 4.69) is 4.90 Å². The summed E-state index contributed by atoms with van der Waals surface area (Å²) in [6.07, 6.45) is 6.20. The van der Waals surface area contributed by atoms with Gasteiger partial charge in [-0.3, -0.25) is 9.69 Å². The summed E-state index contributed by atoms with van der Waals surface area (Å²) >= 11 is 0. The Bertz CT molecular complexity index is 645. The van der Waals surface area contributed by atoms with E-state index >= 15 is 0 Å². The van der Waals surface area contributed by atoms with Crippen LogP contribution < -0.4 is 0 Å². The van der Waals surface area contributed by atoms with Gasteiger partial charge in [0.25, 0.3) is 0 Å². The van der Waals surface area contributed by atoms with Crippen molar-refractivity contribution in [2.45, 2.75) is 70.2 Å². The lowest BCUT2D eigenvalue weighted by molar-refractivity contribution is -0.146. The zero-order chi connectivity index (χ0) is 19.9. The second-order valence-corrected chi connectivity index (χ2v) is 7.74. The Balaban J connectivity index is 1.65. The molecule has 0 unspecified atom stereocenters. The molecular weight excluding hydrogens is 356 g/mol. The minimum absolute atomic E-state index is 0.0284. The van der Waals surface area contributed by atoms with E-state index in [1.165, 1.54) is 26.4 Å². The Hall–Kier alpha value is -2.08. The normalized spacial score (nSPS) is 23.4. The molecule has 1 aliphatic heterocycles. The number of hydrogen-bond donors (Lipinski definition) is 0. The highest BCUT2D eigenvalue weighted by atomic mass is 16.6. The average Bonchev–Trinajstić information content (AvgIpc) is 3.18. The van der Waals surface area contributed by atoms with E-state index < -0.39 is 0 Å². The molecule has 0 aromatic heterocycles. The highest BCUT2D eigenvalue weighted by Gasteiger charge is 2.44. The first kappa shape index (κ1) is 20.6. The first-order chi connectivity index (χ1) is 13.6. The lowest BCUT2D eigenvalue weighted by Crippen LogP contribution is -2.46. The molecule has 2 fully saturated rings. The number of esters is 1. The van der Waals surface area contributed by atoms with Crippen molar-refractivity contribution in [2.75, 3.05) is 20.2 Å². The largest absolute Gasteiger partial charge is 0.468 e. The van der Waals surface area contributed by atoms with Crippen LogP contribution in [-0.4, -0.2) is 60.2 Å². The maximum atomic E-state index is 12.7. The molecule has 1 aromatic rings. The summed E-state index contributed by atoms with van der Waals surface area (Å²) in [5.41, 5.74) is 0.967. The zero-order valence-electron chi connectivity index (χ0n) is 17.0. The van der Waals surface area contributed by atoms with Gasteiger partial charge in [-0.15, -0.1) is 0 Å². The molecule has 0 bridgehead atoms. The van der Waals surface area contributed by atoms with Gasteiger partial charge in [0.2, 0.25) is 0 Å². The third-order valence-corrected chi connectivity index (χ3v) is 6.06. The van der Waals surface area contributed by atoms with E-state index in [0.29, 0.717) is 25.6 Å². The summed E-state index contributed by atoms with van der Waals surface area (Å²) in [5, 5.41) is 0. The molecule has 6 heteroatoms. The minimum Gasteiger partial charge on any atom is -0.468 e. The van der Waals surface area contributed by atoms with Crippen LogP contribution in [0.25, 0.3) is 0 Å². The van der Waals surface area contributed by atoms with Crippen LogP contribution >= 0.6 is 0 Å². The number of ether oxygens (including phenoxy) is 2. The molecule has 0 N–H and O–H groups in total. The van der Waals surface area contributed by atoms with Crippen LogP contribution in [0.4, 0.5) is 4.79 Å². The monoisotopic (exact) mass is 388 g/mol. The van der Waals surface area contributed by atoms with Crippen LogP contribution in [0.3, 0.4) is 0 Å². The van der Waals surface area contributed by atoms with Crippen molar-refractivity contribution < 1.29 is 19.1 Å². The fourth-order valence-electron chi connectivity index (χ4n) is 4.59. The fraction of sp³-hybridized carbons (Fsp3) is 0.636. The second-order valence-electron chi connectivity index (χ2n) is 7.74. The molecule has 28 heavy (non-hydrogen) atoms. The molecule has 0 spiro atoms. The van der Waals surface area contributed by atoms with Gasteiger partial charge in [-0.05, 0) is 31.7 Å². The van der Waals surface area contributed by atoms with Crippen molar-refractivity contribution in [1.29, 1.82) is 0 Å². The molecule has 0 radical (unpaired) electrons. The van der Waals surface area contributed by atoms with Gasteiger partial charge in [0.15, 0.2) is 0 Å². The maximum absolute atomic E-state index is 12.7. The predicted molar refractivity (Wildman–Crippen MR) is 107 cm³/mol. The molecule has 154 valence electrons. The molecule has 2 atom stereocenters. The standard InChI is InChI=1S/C22H32N2O4/c1-3-23(22(26)28-16-17-10-6-4-7-11-17)19-14-20(21(25)27-2)24(15-19)18-12-8-5-9-13-18/h4,6-7,10-11,18-20H,3,5,8-9,12-16H2,1-2H3/t19-,20-/m0/s1. The number of likely N-dealkylation sites (N-methyl/N-ethyl adjacent to an activating group) is 1. The van der Waals surface area contributed by atoms with Crippen LogP contribution in [0.1, 0.15) is 51.0 Å². The van der Waals surface area contributed by atoms with Gasteiger partial charge < -0.3 is 14.4 Å². The summed E-state index contributed by atoms with van der Waals surface area (Å²) in [4.78, 5) is 29.2. The third kappa shape index (κ3) is 4.85. The van der Waals surface area contributed by atoms with E-state index in [-0.39, 0.29) is 30.8 Å². The van der Waals surface area contributed by atoms with Crippen molar-refractivity contribution in [3.8, 4) is 0 Å². The second kappa shape index (κ2) is 9.92. The van der Waals surface area contributed by atoms with Gasteiger partial charge in [0, 0.05) is 25.2 Å². The molecule has 2 aliphatic rings. The third-order valence-electron chi connectivity index (χ3n) is 6.06. The van der Waals surface area contributed by atoms with Crippen molar-refractivity contribution >= 4 is 12.1 Å². The number of benzene rings is 1. The summed E-state index contributed by atoms with van der Waals surface area (Å²) in [7, 11) is 1.44. The van der Waals surface area contributed by atoms with Gasteiger partial charge in [-0.25, -0.2) is 4.79 Å². The summed E-state index contributed by atoms with van der Waals surface area (Å²) < 4.78 is 10.6. The molecule has 1 heterocycles. The smallest absolute Gasteiger partial charge is 0.410 e. The first-order valence-electron chi connectivity index (χ1n) is 10.4. The van der Waals surface area contributed by atoms with Gasteiger partial charge in [0.05, 0.1) is 7.11 Å². The Morgan fingerprint density at radius 3 is 2.50 bits per heavy atom. The van der Waals surface area contributed by atoms with E-state index in [0.717, 1.165) is 18.4 Å². The number of methoxy groups -OCH3 is 1. The number of likely N-dealkylation sites (tertiary alicyclic amines) is 1. The zero-order valence-corrected chi connectivity index (χ0v) is 17.0. The van der Waals surface area contributed by atoms with Crippen LogP contribution in [0.2, 0.25) is 0 Å². The van der Waals surface area contributed by atoms with E-state index in [1.807, 2.05) is 37.3 Å². The minimum atomic E-state index is -0.314. The molecule has 1 saturated carbocycles. The molecule has 6 nitrogen and oxygen atoms in total. The van der Waals surface area contributed by atoms with Crippen LogP contribution in [0, 0.1) is 0 Å². The van der Waals surface area contributed by atoms with Crippen LogP contribution in [0.15, 0.2) is 30.3 Å². The van der Waals surface area contributed by atoms with Crippen molar-refractivity contribution in [2.24, 2.45) is 0 Å². The lowest BCUT2D eigenvalue weighted by Gasteiger charge is -2.34. The molecule has 1 saturated heterocycles. The summed E-state index contributed by atoms with van der Waals surface area (Å²) in [5.74, 6) is -0.193. The number of hydrogen-bond acceptors (Lipinski definition) is 5. The molecule has 1 amide bonds. The van der Waals surface area contributed by atoms with Gasteiger partial charge >= 0.3 is 12.1 Å². The summed E-state index contributed by atoms with van der Waals surface area (Å²) in [6.45, 7) is 3.49. The van der Waals surface area contributed by atoms with Crippen LogP contribution in [0.5, 0.6) is 0 Å². The van der Waals surface area contributed by atoms with Crippen LogP contribution in [-0.2, 0) is 20.9 Å². The Labute approximate surface area is 167 Å². The number of rotatable bonds is 6. The fourth-order valence-corrected chi connectivity index (χ4v) is 4.59. The molecule has 1 aromatic carbocycles. The Morgan fingerprint density at radius 1 is 1.14 bits per heavy atom. The van der Waals surface area contributed by atoms with Gasteiger partial charge in [0.1, 0.15) is 12.6 Å². The number of amides is 1. The highest BCUT2D eigenvalue weighted by Crippen LogP contribution is 2.32.